The number of methoxy groups -OCH3 is 1. The fourth-order valence-corrected chi connectivity index (χ4v) is 4.65. The van der Waals surface area contributed by atoms with Crippen LogP contribution in [0.3, 0.4) is 0 Å². The van der Waals surface area contributed by atoms with E-state index in [9.17, 15) is 24.5 Å². The number of carboxylic acids is 1. The minimum Gasteiger partial charge on any atom is -0.495 e. The highest BCUT2D eigenvalue weighted by atomic mass is 16.6. The highest BCUT2D eigenvalue weighted by molar-refractivity contribution is 6.01. The molecule has 12 heteroatoms. The molecule has 0 saturated carbocycles. The van der Waals surface area contributed by atoms with Gasteiger partial charge in [-0.15, -0.1) is 0 Å². The second-order valence-electron chi connectivity index (χ2n) is 9.54. The van der Waals surface area contributed by atoms with Gasteiger partial charge >= 0.3 is 17.7 Å². The van der Waals surface area contributed by atoms with Crippen LogP contribution < -0.4 is 20.1 Å². The molecule has 12 nitrogen and oxygen atoms in total. The van der Waals surface area contributed by atoms with Crippen LogP contribution in [0, 0.1) is 17.0 Å². The van der Waals surface area contributed by atoms with Gasteiger partial charge in [0.25, 0.3) is 0 Å². The van der Waals surface area contributed by atoms with Crippen molar-refractivity contribution in [2.75, 3.05) is 30.9 Å². The number of aryl methyl sites for hydroxylation is 1. The number of benzene rings is 3. The van der Waals surface area contributed by atoms with Gasteiger partial charge in [-0.05, 0) is 61.2 Å². The van der Waals surface area contributed by atoms with E-state index >= 15 is 0 Å². The van der Waals surface area contributed by atoms with E-state index in [1.807, 2.05) is 25.1 Å². The van der Waals surface area contributed by atoms with Crippen LogP contribution >= 0.6 is 0 Å². The lowest BCUT2D eigenvalue weighted by Crippen LogP contribution is -2.40. The molecule has 0 aliphatic carbocycles. The van der Waals surface area contributed by atoms with Crippen molar-refractivity contribution in [2.45, 2.75) is 32.2 Å². The number of aromatic carboxylic acids is 1. The minimum atomic E-state index is -1.28. The number of rotatable bonds is 10. The van der Waals surface area contributed by atoms with Crippen molar-refractivity contribution < 1.29 is 33.9 Å². The van der Waals surface area contributed by atoms with Crippen LogP contribution in [0.5, 0.6) is 11.5 Å². The first-order valence-electron chi connectivity index (χ1n) is 12.9. The van der Waals surface area contributed by atoms with Crippen molar-refractivity contribution >= 4 is 35.0 Å². The Labute approximate surface area is 236 Å². The Bertz CT molecular complexity index is 1470. The number of anilines is 2. The SMILES string of the molecule is COc1cc(CC(=O)N2CCCC2COc2ccc(C(=O)O)cc2[N+](=O)[O-])ccc1NC(=O)Nc1ccccc1C. The first kappa shape index (κ1) is 28.9. The van der Waals surface area contributed by atoms with Crippen LogP contribution in [-0.2, 0) is 11.2 Å². The Morgan fingerprint density at radius 1 is 1.05 bits per heavy atom. The summed E-state index contributed by atoms with van der Waals surface area (Å²) in [7, 11) is 1.47. The van der Waals surface area contributed by atoms with Crippen molar-refractivity contribution in [2.24, 2.45) is 0 Å². The summed E-state index contributed by atoms with van der Waals surface area (Å²) in [5.41, 5.74) is 2.06. The van der Waals surface area contributed by atoms with Gasteiger partial charge in [0.15, 0.2) is 5.75 Å². The average molecular weight is 563 g/mol. The predicted molar refractivity (Wildman–Crippen MR) is 151 cm³/mol. The third-order valence-electron chi connectivity index (χ3n) is 6.79. The fourth-order valence-electron chi connectivity index (χ4n) is 4.65. The highest BCUT2D eigenvalue weighted by Crippen LogP contribution is 2.30. The van der Waals surface area contributed by atoms with Crippen LogP contribution in [0.15, 0.2) is 60.7 Å². The molecular formula is C29H30N4O8. The number of nitrogens with zero attached hydrogens (tertiary/aromatic N) is 2. The second kappa shape index (κ2) is 12.8. The Hall–Kier alpha value is -5.13. The number of nitro groups is 1. The molecular weight excluding hydrogens is 532 g/mol. The van der Waals surface area contributed by atoms with Gasteiger partial charge in [-0.3, -0.25) is 14.9 Å². The van der Waals surface area contributed by atoms with Gasteiger partial charge in [0.05, 0.1) is 35.7 Å². The topological polar surface area (TPSA) is 160 Å². The average Bonchev–Trinajstić information content (AvgIpc) is 3.42. The number of hydrogen-bond acceptors (Lipinski definition) is 7. The lowest BCUT2D eigenvalue weighted by atomic mass is 10.1. The van der Waals surface area contributed by atoms with Crippen LogP contribution in [0.2, 0.25) is 0 Å². The molecule has 214 valence electrons. The number of urea groups is 1. The van der Waals surface area contributed by atoms with Crippen molar-refractivity contribution in [3.63, 3.8) is 0 Å². The maximum absolute atomic E-state index is 13.2. The van der Waals surface area contributed by atoms with Crippen molar-refractivity contribution in [3.8, 4) is 11.5 Å². The molecule has 1 saturated heterocycles. The first-order chi connectivity index (χ1) is 19.7. The fraction of sp³-hybridized carbons (Fsp3) is 0.276. The van der Waals surface area contributed by atoms with Crippen LogP contribution in [0.1, 0.15) is 34.3 Å². The molecule has 3 aromatic carbocycles. The van der Waals surface area contributed by atoms with E-state index in [0.717, 1.165) is 18.1 Å². The van der Waals surface area contributed by atoms with Gasteiger partial charge in [0.2, 0.25) is 5.91 Å². The number of nitro benzene ring substituents is 1. The number of hydrogen-bond donors (Lipinski definition) is 3. The predicted octanol–water partition coefficient (Wildman–Crippen LogP) is 4.87. The lowest BCUT2D eigenvalue weighted by molar-refractivity contribution is -0.385. The molecule has 1 heterocycles. The highest BCUT2D eigenvalue weighted by Gasteiger charge is 2.30. The zero-order valence-corrected chi connectivity index (χ0v) is 22.6. The van der Waals surface area contributed by atoms with Gasteiger partial charge in [-0.2, -0.15) is 0 Å². The van der Waals surface area contributed by atoms with Crippen LogP contribution in [0.4, 0.5) is 21.9 Å². The molecule has 0 bridgehead atoms. The van der Waals surface area contributed by atoms with Crippen molar-refractivity contribution in [1.82, 2.24) is 4.90 Å². The summed E-state index contributed by atoms with van der Waals surface area (Å²) in [6, 6.07) is 15.2. The number of ether oxygens (including phenoxy) is 2. The molecule has 3 aromatic rings. The summed E-state index contributed by atoms with van der Waals surface area (Å²) >= 11 is 0. The van der Waals surface area contributed by atoms with E-state index in [1.165, 1.54) is 19.2 Å². The second-order valence-corrected chi connectivity index (χ2v) is 9.54. The summed E-state index contributed by atoms with van der Waals surface area (Å²) in [4.78, 5) is 49.3. The van der Waals surface area contributed by atoms with E-state index in [4.69, 9.17) is 14.6 Å². The summed E-state index contributed by atoms with van der Waals surface area (Å²) in [5.74, 6) is -1.09. The zero-order valence-electron chi connectivity index (χ0n) is 22.6. The van der Waals surface area contributed by atoms with E-state index in [2.05, 4.69) is 10.6 Å². The molecule has 1 atom stereocenters. The molecule has 0 aromatic heterocycles. The third kappa shape index (κ3) is 7.10. The van der Waals surface area contributed by atoms with E-state index in [-0.39, 0.29) is 36.3 Å². The number of carbonyl (C=O) groups is 3. The number of para-hydroxylation sites is 1. The molecule has 1 aliphatic heterocycles. The van der Waals surface area contributed by atoms with Gasteiger partial charge in [-0.25, -0.2) is 9.59 Å². The number of carboxylic acid groups (broad SMARTS) is 1. The third-order valence-corrected chi connectivity index (χ3v) is 6.79. The molecule has 3 amide bonds. The first-order valence-corrected chi connectivity index (χ1v) is 12.9. The monoisotopic (exact) mass is 562 g/mol. The number of likely N-dealkylation sites (tertiary alicyclic amines) is 1. The lowest BCUT2D eigenvalue weighted by Gasteiger charge is -2.25. The van der Waals surface area contributed by atoms with Gasteiger partial charge in [0, 0.05) is 18.3 Å². The molecule has 0 radical (unpaired) electrons. The quantitative estimate of drug-likeness (QED) is 0.233. The van der Waals surface area contributed by atoms with E-state index < -0.39 is 22.6 Å². The Morgan fingerprint density at radius 2 is 1.80 bits per heavy atom. The number of nitrogens with one attached hydrogen (secondary N) is 2. The van der Waals surface area contributed by atoms with Crippen molar-refractivity contribution in [1.29, 1.82) is 0 Å². The Morgan fingerprint density at radius 3 is 2.51 bits per heavy atom. The van der Waals surface area contributed by atoms with Crippen molar-refractivity contribution in [3.05, 3.63) is 87.5 Å². The Kier molecular flexibility index (Phi) is 9.02. The molecule has 1 fully saturated rings. The zero-order chi connectivity index (χ0) is 29.5. The summed E-state index contributed by atoms with van der Waals surface area (Å²) in [6.45, 7) is 2.44. The molecule has 1 aliphatic rings. The maximum Gasteiger partial charge on any atom is 0.335 e. The minimum absolute atomic E-state index is 0.0289. The van der Waals surface area contributed by atoms with Gasteiger partial charge in [0.1, 0.15) is 12.4 Å². The van der Waals surface area contributed by atoms with Crippen LogP contribution in [-0.4, -0.2) is 59.1 Å². The number of amides is 3. The largest absolute Gasteiger partial charge is 0.495 e. The van der Waals surface area contributed by atoms with E-state index in [1.54, 1.807) is 29.2 Å². The normalized spacial score (nSPS) is 14.3. The standard InChI is InChI=1S/C29H30N4O8/c1-18-6-3-4-8-22(18)30-29(37)31-23-11-9-19(14-26(23)40-2)15-27(34)32-13-5-7-21(32)17-41-25-12-10-20(28(35)36)16-24(25)33(38)39/h3-4,6,8-12,14,16,21H,5,7,13,15,17H2,1-2H3,(H,35,36)(H2,30,31,37). The molecule has 3 N–H and O–H groups in total. The molecule has 0 spiro atoms. The van der Waals surface area contributed by atoms with Gasteiger partial charge in [-0.1, -0.05) is 24.3 Å². The summed E-state index contributed by atoms with van der Waals surface area (Å²) in [6.07, 6.45) is 1.49. The molecule has 41 heavy (non-hydrogen) atoms. The van der Waals surface area contributed by atoms with E-state index in [0.29, 0.717) is 35.7 Å². The Balaban J connectivity index is 1.38. The summed E-state index contributed by atoms with van der Waals surface area (Å²) in [5, 5.41) is 26.1. The van der Waals surface area contributed by atoms with Gasteiger partial charge < -0.3 is 30.1 Å². The molecule has 1 unspecified atom stereocenters. The number of carbonyl (C=O) groups excluding carboxylic acids is 2. The molecule has 4 rings (SSSR count). The maximum atomic E-state index is 13.2. The van der Waals surface area contributed by atoms with Crippen LogP contribution in [0.25, 0.3) is 0 Å². The smallest absolute Gasteiger partial charge is 0.335 e. The summed E-state index contributed by atoms with van der Waals surface area (Å²) < 4.78 is 11.1.